The maximum atomic E-state index is 12.6. The zero-order chi connectivity index (χ0) is 8.39. The van der Waals surface area contributed by atoms with Crippen LogP contribution in [0.3, 0.4) is 0 Å². The van der Waals surface area contributed by atoms with Crippen LogP contribution in [0.15, 0.2) is 24.3 Å². The zero-order valence-corrected chi connectivity index (χ0v) is 9.61. The molecule has 1 atom stereocenters. The fraction of sp³-hybridized carbons (Fsp3) is 0.400. The molecule has 0 amide bonds. The Morgan fingerprint density at radius 2 is 1.86 bits per heavy atom. The summed E-state index contributed by atoms with van der Waals surface area (Å²) in [5, 5.41) is 3.29. The van der Waals surface area contributed by atoms with Gasteiger partial charge in [0.2, 0.25) is 0 Å². The van der Waals surface area contributed by atoms with E-state index in [4.69, 9.17) is 0 Å². The first-order valence-corrected chi connectivity index (χ1v) is 4.32. The molecule has 0 radical (unpaired) electrons. The average Bonchev–Trinajstić information content (AvgIpc) is 2.58. The summed E-state index contributed by atoms with van der Waals surface area (Å²) in [7, 11) is 0. The molecule has 1 fully saturated rings. The van der Waals surface area contributed by atoms with Crippen LogP contribution >= 0.6 is 25.9 Å². The summed E-state index contributed by atoms with van der Waals surface area (Å²) in [5.41, 5.74) is 1.25. The van der Waals surface area contributed by atoms with Crippen molar-refractivity contribution in [1.82, 2.24) is 5.32 Å². The van der Waals surface area contributed by atoms with Crippen LogP contribution in [0, 0.1) is 5.82 Å². The summed E-state index contributed by atoms with van der Waals surface area (Å²) in [6, 6.07) is 6.83. The highest BCUT2D eigenvalue weighted by Crippen LogP contribution is 2.21. The molecule has 1 aromatic carbocycles. The molecule has 1 nitrogen and oxygen atoms in total. The van der Waals surface area contributed by atoms with E-state index in [2.05, 4.69) is 5.32 Å². The lowest BCUT2D eigenvalue weighted by atomic mass is 9.99. The molecule has 2 rings (SSSR count). The summed E-state index contributed by atoms with van der Waals surface area (Å²) in [5.74, 6) is 0.440. The minimum absolute atomic E-state index is 0. The Balaban J connectivity index is 0.000000845. The average molecular weight is 236 g/mol. The largest absolute Gasteiger partial charge is 0.316 e. The van der Waals surface area contributed by atoms with Crippen LogP contribution in [-0.4, -0.2) is 13.1 Å². The number of benzene rings is 1. The van der Waals surface area contributed by atoms with Crippen LogP contribution in [0.2, 0.25) is 0 Å². The van der Waals surface area contributed by atoms with E-state index in [1.807, 2.05) is 12.1 Å². The molecule has 0 saturated carbocycles. The second-order valence-corrected chi connectivity index (χ2v) is 3.24. The van der Waals surface area contributed by atoms with Gasteiger partial charge in [-0.1, -0.05) is 12.1 Å². The summed E-state index contributed by atoms with van der Waals surface area (Å²) in [6.45, 7) is 2.12. The normalized spacial score (nSPS) is 19.6. The first-order chi connectivity index (χ1) is 5.86. The van der Waals surface area contributed by atoms with E-state index >= 15 is 0 Å². The van der Waals surface area contributed by atoms with Gasteiger partial charge in [-0.2, -0.15) is 13.5 Å². The Morgan fingerprint density at radius 3 is 2.36 bits per heavy atom. The van der Waals surface area contributed by atoms with Crippen molar-refractivity contribution in [3.05, 3.63) is 35.6 Å². The van der Waals surface area contributed by atoms with Gasteiger partial charge in [-0.3, -0.25) is 0 Å². The SMILES string of the molecule is Cl.Fc1ccc([C@@H]2CCNC2)cc1.S. The van der Waals surface area contributed by atoms with Gasteiger partial charge in [0, 0.05) is 6.54 Å². The molecule has 1 aliphatic rings. The first kappa shape index (κ1) is 13.8. The molecule has 0 spiro atoms. The number of hydrogen-bond acceptors (Lipinski definition) is 1. The first-order valence-electron chi connectivity index (χ1n) is 4.32. The molecule has 1 heterocycles. The molecule has 4 heteroatoms. The molecule has 0 aromatic heterocycles. The lowest BCUT2D eigenvalue weighted by Crippen LogP contribution is -2.07. The predicted octanol–water partition coefficient (Wildman–Crippen LogP) is 2.44. The second kappa shape index (κ2) is 6.27. The van der Waals surface area contributed by atoms with Gasteiger partial charge in [0.05, 0.1) is 0 Å². The second-order valence-electron chi connectivity index (χ2n) is 3.24. The van der Waals surface area contributed by atoms with E-state index in [1.54, 1.807) is 0 Å². The van der Waals surface area contributed by atoms with Crippen molar-refractivity contribution >= 4 is 25.9 Å². The van der Waals surface area contributed by atoms with Gasteiger partial charge in [0.25, 0.3) is 0 Å². The predicted molar refractivity (Wildman–Crippen MR) is 64.3 cm³/mol. The molecule has 1 N–H and O–H groups in total. The molecule has 0 bridgehead atoms. The standard InChI is InChI=1S/C10H12FN.ClH.H2S/c11-10-3-1-8(2-4-10)9-5-6-12-7-9;;/h1-4,9,12H,5-7H2;1H;1H2/t9-;;/m1../s1. The molecule has 1 aliphatic heterocycles. The number of halogens is 2. The van der Waals surface area contributed by atoms with E-state index < -0.39 is 0 Å². The van der Waals surface area contributed by atoms with Gasteiger partial charge in [0.1, 0.15) is 5.82 Å². The van der Waals surface area contributed by atoms with E-state index in [1.165, 1.54) is 24.1 Å². The molecular formula is C10H15ClFNS. The quantitative estimate of drug-likeness (QED) is 0.789. The third kappa shape index (κ3) is 3.15. The van der Waals surface area contributed by atoms with Gasteiger partial charge in [0.15, 0.2) is 0 Å². The molecular weight excluding hydrogens is 221 g/mol. The zero-order valence-electron chi connectivity index (χ0n) is 7.79. The lowest BCUT2D eigenvalue weighted by molar-refractivity contribution is 0.625. The van der Waals surface area contributed by atoms with Crippen molar-refractivity contribution in [2.45, 2.75) is 12.3 Å². The molecule has 1 aromatic rings. The fourth-order valence-electron chi connectivity index (χ4n) is 1.67. The van der Waals surface area contributed by atoms with Crippen molar-refractivity contribution in [1.29, 1.82) is 0 Å². The third-order valence-electron chi connectivity index (χ3n) is 2.40. The van der Waals surface area contributed by atoms with E-state index in [-0.39, 0.29) is 31.7 Å². The topological polar surface area (TPSA) is 12.0 Å². The fourth-order valence-corrected chi connectivity index (χ4v) is 1.67. The summed E-state index contributed by atoms with van der Waals surface area (Å²) in [6.07, 6.45) is 1.17. The number of nitrogens with one attached hydrogen (secondary N) is 1. The van der Waals surface area contributed by atoms with Crippen molar-refractivity contribution in [3.63, 3.8) is 0 Å². The highest BCUT2D eigenvalue weighted by molar-refractivity contribution is 7.59. The van der Waals surface area contributed by atoms with Crippen molar-refractivity contribution < 1.29 is 4.39 Å². The molecule has 14 heavy (non-hydrogen) atoms. The number of hydrogen-bond donors (Lipinski definition) is 1. The Morgan fingerprint density at radius 1 is 1.21 bits per heavy atom. The van der Waals surface area contributed by atoms with Crippen LogP contribution in [0.25, 0.3) is 0 Å². The minimum atomic E-state index is -0.148. The third-order valence-corrected chi connectivity index (χ3v) is 2.40. The van der Waals surface area contributed by atoms with Crippen molar-refractivity contribution in [3.8, 4) is 0 Å². The van der Waals surface area contributed by atoms with Crippen LogP contribution in [0.1, 0.15) is 17.9 Å². The Hall–Kier alpha value is -0.250. The van der Waals surface area contributed by atoms with Crippen LogP contribution < -0.4 is 5.32 Å². The molecule has 0 unspecified atom stereocenters. The summed E-state index contributed by atoms with van der Waals surface area (Å²) < 4.78 is 12.6. The maximum Gasteiger partial charge on any atom is 0.123 e. The van der Waals surface area contributed by atoms with Crippen LogP contribution in [0.5, 0.6) is 0 Å². The van der Waals surface area contributed by atoms with E-state index in [0.29, 0.717) is 5.92 Å². The Bertz CT molecular complexity index is 259. The van der Waals surface area contributed by atoms with Crippen molar-refractivity contribution in [2.75, 3.05) is 13.1 Å². The molecule has 1 saturated heterocycles. The summed E-state index contributed by atoms with van der Waals surface area (Å²) >= 11 is 0. The highest BCUT2D eigenvalue weighted by Gasteiger charge is 2.15. The van der Waals surface area contributed by atoms with Crippen LogP contribution in [0.4, 0.5) is 4.39 Å². The van der Waals surface area contributed by atoms with Crippen molar-refractivity contribution in [2.24, 2.45) is 0 Å². The summed E-state index contributed by atoms with van der Waals surface area (Å²) in [4.78, 5) is 0. The van der Waals surface area contributed by atoms with Gasteiger partial charge in [-0.15, -0.1) is 12.4 Å². The smallest absolute Gasteiger partial charge is 0.123 e. The van der Waals surface area contributed by atoms with Gasteiger partial charge in [-0.05, 0) is 36.6 Å². The monoisotopic (exact) mass is 235 g/mol. The van der Waals surface area contributed by atoms with Gasteiger partial charge >= 0.3 is 0 Å². The Kier molecular flexibility index (Phi) is 6.16. The van der Waals surface area contributed by atoms with Gasteiger partial charge < -0.3 is 5.32 Å². The van der Waals surface area contributed by atoms with E-state index in [0.717, 1.165) is 13.1 Å². The van der Waals surface area contributed by atoms with Gasteiger partial charge in [-0.25, -0.2) is 4.39 Å². The number of rotatable bonds is 1. The maximum absolute atomic E-state index is 12.6. The minimum Gasteiger partial charge on any atom is -0.316 e. The molecule has 80 valence electrons. The van der Waals surface area contributed by atoms with Crippen LogP contribution in [-0.2, 0) is 0 Å². The van der Waals surface area contributed by atoms with E-state index in [9.17, 15) is 4.39 Å². The lowest BCUT2D eigenvalue weighted by Gasteiger charge is -2.07. The molecule has 0 aliphatic carbocycles. The Labute approximate surface area is 96.9 Å². The highest BCUT2D eigenvalue weighted by atomic mass is 35.5.